The Hall–Kier alpha value is -1.08. The maximum Gasteiger partial charge on any atom is 0.233 e. The molecule has 0 bridgehead atoms. The average Bonchev–Trinajstić information content (AvgIpc) is 2.70. The van der Waals surface area contributed by atoms with Crippen molar-refractivity contribution in [1.82, 2.24) is 20.1 Å². The number of hydrogen-bond donors (Lipinski definition) is 2. The Labute approximate surface area is 105 Å². The molecule has 1 aromatic rings. The van der Waals surface area contributed by atoms with E-state index in [0.717, 1.165) is 11.0 Å². The van der Waals surface area contributed by atoms with Gasteiger partial charge in [-0.2, -0.15) is 0 Å². The Morgan fingerprint density at radius 2 is 2.12 bits per heavy atom. The van der Waals surface area contributed by atoms with Crippen molar-refractivity contribution in [1.29, 1.82) is 0 Å². The van der Waals surface area contributed by atoms with Gasteiger partial charge in [0.1, 0.15) is 5.82 Å². The molecule has 0 saturated carbocycles. The highest BCUT2D eigenvalue weighted by molar-refractivity contribution is 8.00. The molecule has 1 atom stereocenters. The molecule has 0 aliphatic rings. The molecule has 1 heterocycles. The zero-order chi connectivity index (χ0) is 13.0. The summed E-state index contributed by atoms with van der Waals surface area (Å²) in [5.41, 5.74) is 5.61. The summed E-state index contributed by atoms with van der Waals surface area (Å²) in [6, 6.07) is 0.225. The van der Waals surface area contributed by atoms with Crippen molar-refractivity contribution in [2.24, 2.45) is 5.73 Å². The summed E-state index contributed by atoms with van der Waals surface area (Å²) in [7, 11) is 1.62. The van der Waals surface area contributed by atoms with Crippen molar-refractivity contribution in [2.45, 2.75) is 43.8 Å². The quantitative estimate of drug-likeness (QED) is 0.752. The number of nitrogens with two attached hydrogens (primary N) is 1. The van der Waals surface area contributed by atoms with Gasteiger partial charge in [-0.3, -0.25) is 4.79 Å². The molecule has 96 valence electrons. The maximum atomic E-state index is 11.5. The normalized spacial score (nSPS) is 12.8. The van der Waals surface area contributed by atoms with E-state index in [0.29, 0.717) is 6.54 Å². The number of carbonyl (C=O) groups excluding carboxylic acids is 1. The van der Waals surface area contributed by atoms with Crippen LogP contribution in [0.4, 0.5) is 0 Å². The van der Waals surface area contributed by atoms with E-state index in [1.807, 2.05) is 25.3 Å². The molecular formula is C10H19N5OS. The van der Waals surface area contributed by atoms with Crippen LogP contribution in [0.1, 0.15) is 32.6 Å². The predicted octanol–water partition coefficient (Wildman–Crippen LogP) is 0.544. The lowest BCUT2D eigenvalue weighted by atomic mass is 10.4. The average molecular weight is 257 g/mol. The molecular weight excluding hydrogens is 238 g/mol. The minimum absolute atomic E-state index is 0.0254. The Kier molecular flexibility index (Phi) is 4.95. The number of nitrogens with one attached hydrogen (secondary N) is 1. The maximum absolute atomic E-state index is 11.5. The van der Waals surface area contributed by atoms with Crippen LogP contribution in [0, 0.1) is 0 Å². The van der Waals surface area contributed by atoms with Gasteiger partial charge in [-0.1, -0.05) is 11.8 Å². The largest absolute Gasteiger partial charge is 0.358 e. The molecule has 0 aromatic carbocycles. The lowest BCUT2D eigenvalue weighted by Gasteiger charge is -2.14. The number of rotatable bonds is 5. The van der Waals surface area contributed by atoms with Crippen LogP contribution in [0.15, 0.2) is 5.16 Å². The highest BCUT2D eigenvalue weighted by Crippen LogP contribution is 2.25. The summed E-state index contributed by atoms with van der Waals surface area (Å²) in [5.74, 6) is 0.717. The summed E-state index contributed by atoms with van der Waals surface area (Å²) in [6.45, 7) is 6.26. The van der Waals surface area contributed by atoms with Crippen LogP contribution >= 0.6 is 11.8 Å². The van der Waals surface area contributed by atoms with Crippen molar-refractivity contribution in [3.63, 3.8) is 0 Å². The molecule has 0 radical (unpaired) electrons. The first-order chi connectivity index (χ1) is 8.01. The van der Waals surface area contributed by atoms with Gasteiger partial charge in [0.15, 0.2) is 5.16 Å². The van der Waals surface area contributed by atoms with Gasteiger partial charge >= 0.3 is 0 Å². The summed E-state index contributed by atoms with van der Waals surface area (Å²) in [4.78, 5) is 11.5. The number of hydrogen-bond acceptors (Lipinski definition) is 5. The SMILES string of the molecule is CNC(=O)C(C)Sc1nnc(CN)n1C(C)C. The molecule has 3 N–H and O–H groups in total. The van der Waals surface area contributed by atoms with Gasteiger partial charge in [-0.05, 0) is 20.8 Å². The third-order valence-electron chi connectivity index (χ3n) is 2.33. The van der Waals surface area contributed by atoms with Crippen LogP contribution in [-0.2, 0) is 11.3 Å². The first-order valence-electron chi connectivity index (χ1n) is 5.53. The van der Waals surface area contributed by atoms with Crippen molar-refractivity contribution in [3.8, 4) is 0 Å². The molecule has 17 heavy (non-hydrogen) atoms. The van der Waals surface area contributed by atoms with Crippen molar-refractivity contribution in [3.05, 3.63) is 5.82 Å². The summed E-state index contributed by atoms with van der Waals surface area (Å²) in [6.07, 6.45) is 0. The van der Waals surface area contributed by atoms with E-state index in [1.165, 1.54) is 11.8 Å². The number of nitrogens with zero attached hydrogens (tertiary/aromatic N) is 3. The van der Waals surface area contributed by atoms with Gasteiger partial charge in [0.25, 0.3) is 0 Å². The van der Waals surface area contributed by atoms with E-state index in [2.05, 4.69) is 15.5 Å². The van der Waals surface area contributed by atoms with E-state index in [9.17, 15) is 4.79 Å². The minimum Gasteiger partial charge on any atom is -0.358 e. The van der Waals surface area contributed by atoms with Gasteiger partial charge in [0.05, 0.1) is 11.8 Å². The van der Waals surface area contributed by atoms with Gasteiger partial charge in [-0.25, -0.2) is 0 Å². The van der Waals surface area contributed by atoms with Crippen LogP contribution in [0.3, 0.4) is 0 Å². The molecule has 0 aliphatic carbocycles. The molecule has 0 saturated heterocycles. The Balaban J connectivity index is 2.91. The fourth-order valence-corrected chi connectivity index (χ4v) is 2.52. The topological polar surface area (TPSA) is 85.8 Å². The van der Waals surface area contributed by atoms with Crippen molar-refractivity contribution in [2.75, 3.05) is 7.05 Å². The summed E-state index contributed by atoms with van der Waals surface area (Å²) in [5, 5.41) is 11.3. The first kappa shape index (κ1) is 14.0. The highest BCUT2D eigenvalue weighted by Gasteiger charge is 2.19. The fourth-order valence-electron chi connectivity index (χ4n) is 1.46. The standard InChI is InChI=1S/C10H19N5OS/c1-6(2)15-8(5-11)13-14-10(15)17-7(3)9(16)12-4/h6-7H,5,11H2,1-4H3,(H,12,16). The Morgan fingerprint density at radius 1 is 1.47 bits per heavy atom. The van der Waals surface area contributed by atoms with Crippen LogP contribution in [0.2, 0.25) is 0 Å². The lowest BCUT2D eigenvalue weighted by Crippen LogP contribution is -2.27. The molecule has 1 rings (SSSR count). The van der Waals surface area contributed by atoms with Crippen molar-refractivity contribution >= 4 is 17.7 Å². The van der Waals surface area contributed by atoms with E-state index in [4.69, 9.17) is 5.73 Å². The number of amides is 1. The molecule has 1 amide bonds. The van der Waals surface area contributed by atoms with Crippen LogP contribution in [0.25, 0.3) is 0 Å². The highest BCUT2D eigenvalue weighted by atomic mass is 32.2. The predicted molar refractivity (Wildman–Crippen MR) is 67.7 cm³/mol. The van der Waals surface area contributed by atoms with E-state index < -0.39 is 0 Å². The number of aromatic nitrogens is 3. The van der Waals surface area contributed by atoms with Gasteiger partial charge in [0.2, 0.25) is 5.91 Å². The van der Waals surface area contributed by atoms with Crippen LogP contribution in [-0.4, -0.2) is 33.0 Å². The second-order valence-electron chi connectivity index (χ2n) is 3.94. The van der Waals surface area contributed by atoms with Crippen LogP contribution < -0.4 is 11.1 Å². The molecule has 1 aromatic heterocycles. The molecule has 0 spiro atoms. The van der Waals surface area contributed by atoms with Gasteiger partial charge < -0.3 is 15.6 Å². The zero-order valence-corrected chi connectivity index (χ0v) is 11.4. The molecule has 6 nitrogen and oxygen atoms in total. The minimum atomic E-state index is -0.202. The third kappa shape index (κ3) is 3.19. The lowest BCUT2D eigenvalue weighted by molar-refractivity contribution is -0.119. The third-order valence-corrected chi connectivity index (χ3v) is 3.39. The fraction of sp³-hybridized carbons (Fsp3) is 0.700. The summed E-state index contributed by atoms with van der Waals surface area (Å²) < 4.78 is 1.96. The van der Waals surface area contributed by atoms with Gasteiger partial charge in [0, 0.05) is 13.1 Å². The van der Waals surface area contributed by atoms with E-state index >= 15 is 0 Å². The molecule has 0 aliphatic heterocycles. The molecule has 7 heteroatoms. The van der Waals surface area contributed by atoms with Gasteiger partial charge in [-0.15, -0.1) is 10.2 Å². The smallest absolute Gasteiger partial charge is 0.233 e. The zero-order valence-electron chi connectivity index (χ0n) is 10.6. The number of thioether (sulfide) groups is 1. The Bertz CT molecular complexity index is 390. The Morgan fingerprint density at radius 3 is 2.59 bits per heavy atom. The second-order valence-corrected chi connectivity index (χ2v) is 5.25. The number of carbonyl (C=O) groups is 1. The summed E-state index contributed by atoms with van der Waals surface area (Å²) >= 11 is 1.39. The van der Waals surface area contributed by atoms with E-state index in [-0.39, 0.29) is 17.2 Å². The molecule has 1 unspecified atom stereocenters. The van der Waals surface area contributed by atoms with Crippen LogP contribution in [0.5, 0.6) is 0 Å². The first-order valence-corrected chi connectivity index (χ1v) is 6.41. The monoisotopic (exact) mass is 257 g/mol. The van der Waals surface area contributed by atoms with E-state index in [1.54, 1.807) is 7.05 Å². The van der Waals surface area contributed by atoms with Crippen molar-refractivity contribution < 1.29 is 4.79 Å². The molecule has 0 fully saturated rings. The second kappa shape index (κ2) is 6.02.